The Balaban J connectivity index is 1.93. The summed E-state index contributed by atoms with van der Waals surface area (Å²) in [7, 11) is 0. The Hall–Kier alpha value is -2.24. The highest BCUT2D eigenvalue weighted by molar-refractivity contribution is 5.94. The van der Waals surface area contributed by atoms with Crippen molar-refractivity contribution in [1.29, 1.82) is 0 Å². The van der Waals surface area contributed by atoms with Crippen LogP contribution < -0.4 is 10.6 Å². The number of nitrogens with zero attached hydrogens (tertiary/aromatic N) is 2. The fourth-order valence-electron chi connectivity index (χ4n) is 2.70. The predicted molar refractivity (Wildman–Crippen MR) is 92.7 cm³/mol. The molecule has 6 heteroatoms. The zero-order valence-corrected chi connectivity index (χ0v) is 13.9. The second-order valence-corrected chi connectivity index (χ2v) is 5.96. The molecule has 0 spiro atoms. The average Bonchev–Trinajstić information content (AvgIpc) is 2.53. The van der Waals surface area contributed by atoms with Gasteiger partial charge >= 0.3 is 0 Å². The lowest BCUT2D eigenvalue weighted by atomic mass is 10.0. The maximum Gasteiger partial charge on any atom is 0.246 e. The lowest BCUT2D eigenvalue weighted by Gasteiger charge is -2.33. The first-order valence-corrected chi connectivity index (χ1v) is 8.20. The van der Waals surface area contributed by atoms with Crippen LogP contribution in [0.3, 0.4) is 0 Å². The van der Waals surface area contributed by atoms with E-state index in [1.807, 2.05) is 6.92 Å². The van der Waals surface area contributed by atoms with Gasteiger partial charge in [0, 0.05) is 25.3 Å². The van der Waals surface area contributed by atoms with Gasteiger partial charge in [-0.2, -0.15) is 0 Å². The summed E-state index contributed by atoms with van der Waals surface area (Å²) in [5.74, 6) is 1.46. The van der Waals surface area contributed by atoms with E-state index in [9.17, 15) is 9.90 Å². The Bertz CT molecular complexity index is 542. The van der Waals surface area contributed by atoms with Crippen molar-refractivity contribution in [2.24, 2.45) is 10.9 Å². The van der Waals surface area contributed by atoms with Crippen LogP contribution in [0.15, 0.2) is 29.3 Å². The Kier molecular flexibility index (Phi) is 6.26. The van der Waals surface area contributed by atoms with Gasteiger partial charge in [0.2, 0.25) is 5.91 Å². The Morgan fingerprint density at radius 2 is 2.13 bits per heavy atom. The number of aromatic hydroxyl groups is 1. The van der Waals surface area contributed by atoms with Crippen LogP contribution in [-0.2, 0) is 4.79 Å². The van der Waals surface area contributed by atoms with E-state index in [0.717, 1.165) is 32.0 Å². The van der Waals surface area contributed by atoms with E-state index in [0.29, 0.717) is 11.6 Å². The zero-order valence-electron chi connectivity index (χ0n) is 13.9. The quantitative estimate of drug-likeness (QED) is 0.451. The maximum absolute atomic E-state index is 12.0. The smallest absolute Gasteiger partial charge is 0.246 e. The standard InChI is InChI=1S/C17H26N4O2/c1-3-18-17(21-10-4-5-13(2)12-21)19-11-16(23)20-14-6-8-15(22)9-7-14/h6-9,13,22H,3-5,10-12H2,1-2H3,(H,18,19)(H,20,23). The molecule has 1 aliphatic rings. The van der Waals surface area contributed by atoms with Gasteiger partial charge in [0.25, 0.3) is 0 Å². The Labute approximate surface area is 137 Å². The SMILES string of the molecule is CCNC(=NCC(=O)Nc1ccc(O)cc1)N1CCCC(C)C1. The maximum atomic E-state index is 12.0. The number of likely N-dealkylation sites (tertiary alicyclic amines) is 1. The molecule has 1 aliphatic heterocycles. The largest absolute Gasteiger partial charge is 0.508 e. The Morgan fingerprint density at radius 3 is 2.78 bits per heavy atom. The predicted octanol–water partition coefficient (Wildman–Crippen LogP) is 2.03. The number of guanidine groups is 1. The fraction of sp³-hybridized carbons (Fsp3) is 0.529. The van der Waals surface area contributed by atoms with Crippen molar-refractivity contribution in [3.63, 3.8) is 0 Å². The van der Waals surface area contributed by atoms with Crippen molar-refractivity contribution < 1.29 is 9.90 Å². The normalized spacial score (nSPS) is 18.6. The van der Waals surface area contributed by atoms with Crippen molar-refractivity contribution in [2.75, 3.05) is 31.5 Å². The molecule has 0 aliphatic carbocycles. The molecule has 1 saturated heterocycles. The number of carbonyl (C=O) groups is 1. The summed E-state index contributed by atoms with van der Waals surface area (Å²) < 4.78 is 0. The lowest BCUT2D eigenvalue weighted by Crippen LogP contribution is -2.46. The molecule has 0 saturated carbocycles. The number of anilines is 1. The van der Waals surface area contributed by atoms with Gasteiger partial charge in [-0.25, -0.2) is 4.99 Å². The van der Waals surface area contributed by atoms with E-state index in [4.69, 9.17) is 0 Å². The third-order valence-corrected chi connectivity index (χ3v) is 3.81. The number of amides is 1. The van der Waals surface area contributed by atoms with Crippen molar-refractivity contribution in [3.05, 3.63) is 24.3 Å². The minimum atomic E-state index is -0.170. The molecule has 1 fully saturated rings. The topological polar surface area (TPSA) is 77.0 Å². The molecule has 1 heterocycles. The first-order valence-electron chi connectivity index (χ1n) is 8.20. The summed E-state index contributed by atoms with van der Waals surface area (Å²) in [4.78, 5) is 18.7. The zero-order chi connectivity index (χ0) is 16.7. The number of rotatable bonds is 4. The highest BCUT2D eigenvalue weighted by Gasteiger charge is 2.19. The highest BCUT2D eigenvalue weighted by atomic mass is 16.3. The monoisotopic (exact) mass is 318 g/mol. The molecule has 0 bridgehead atoms. The number of hydrogen-bond acceptors (Lipinski definition) is 3. The van der Waals surface area contributed by atoms with Gasteiger partial charge in [0.15, 0.2) is 5.96 Å². The Morgan fingerprint density at radius 1 is 1.39 bits per heavy atom. The third kappa shape index (κ3) is 5.47. The van der Waals surface area contributed by atoms with Crippen LogP contribution in [-0.4, -0.2) is 48.1 Å². The van der Waals surface area contributed by atoms with Gasteiger partial charge in [-0.1, -0.05) is 6.92 Å². The van der Waals surface area contributed by atoms with Gasteiger partial charge in [-0.3, -0.25) is 4.79 Å². The molecular weight excluding hydrogens is 292 g/mol. The van der Waals surface area contributed by atoms with Crippen LogP contribution in [0.2, 0.25) is 0 Å². The molecule has 1 unspecified atom stereocenters. The van der Waals surface area contributed by atoms with Gasteiger partial charge < -0.3 is 20.6 Å². The average molecular weight is 318 g/mol. The van der Waals surface area contributed by atoms with E-state index in [-0.39, 0.29) is 18.2 Å². The van der Waals surface area contributed by atoms with Gasteiger partial charge in [0.1, 0.15) is 12.3 Å². The number of phenols is 1. The number of nitrogens with one attached hydrogen (secondary N) is 2. The summed E-state index contributed by atoms with van der Waals surface area (Å²) in [6.45, 7) is 7.09. The molecule has 1 aromatic rings. The number of aliphatic imine (C=N–C) groups is 1. The molecule has 1 atom stereocenters. The third-order valence-electron chi connectivity index (χ3n) is 3.81. The van der Waals surface area contributed by atoms with Crippen LogP contribution in [0.25, 0.3) is 0 Å². The number of benzene rings is 1. The van der Waals surface area contributed by atoms with Crippen molar-refractivity contribution in [1.82, 2.24) is 10.2 Å². The van der Waals surface area contributed by atoms with Gasteiger partial charge in [-0.05, 0) is 49.9 Å². The summed E-state index contributed by atoms with van der Waals surface area (Å²) in [6, 6.07) is 6.40. The van der Waals surface area contributed by atoms with Crippen molar-refractivity contribution in [2.45, 2.75) is 26.7 Å². The fourth-order valence-corrected chi connectivity index (χ4v) is 2.70. The van der Waals surface area contributed by atoms with Crippen molar-refractivity contribution >= 4 is 17.6 Å². The molecular formula is C17H26N4O2. The molecule has 0 radical (unpaired) electrons. The van der Waals surface area contributed by atoms with Crippen LogP contribution in [0.4, 0.5) is 5.69 Å². The lowest BCUT2D eigenvalue weighted by molar-refractivity contribution is -0.114. The molecule has 126 valence electrons. The molecule has 6 nitrogen and oxygen atoms in total. The molecule has 3 N–H and O–H groups in total. The number of phenolic OH excluding ortho intramolecular Hbond substituents is 1. The minimum Gasteiger partial charge on any atom is -0.508 e. The van der Waals surface area contributed by atoms with Crippen LogP contribution in [0.1, 0.15) is 26.7 Å². The first kappa shape index (κ1) is 17.1. The van der Waals surface area contributed by atoms with Gasteiger partial charge in [0.05, 0.1) is 0 Å². The molecule has 0 aromatic heterocycles. The first-order chi connectivity index (χ1) is 11.1. The number of hydrogen-bond donors (Lipinski definition) is 3. The minimum absolute atomic E-state index is 0.0775. The second kappa shape index (κ2) is 8.41. The van der Waals surface area contributed by atoms with E-state index in [1.54, 1.807) is 12.1 Å². The highest BCUT2D eigenvalue weighted by Crippen LogP contribution is 2.16. The number of piperidine rings is 1. The second-order valence-electron chi connectivity index (χ2n) is 5.96. The number of carbonyl (C=O) groups excluding carboxylic acids is 1. The van der Waals surface area contributed by atoms with E-state index < -0.39 is 0 Å². The molecule has 2 rings (SSSR count). The summed E-state index contributed by atoms with van der Waals surface area (Å²) >= 11 is 0. The summed E-state index contributed by atoms with van der Waals surface area (Å²) in [6.07, 6.45) is 2.41. The van der Waals surface area contributed by atoms with Crippen LogP contribution >= 0.6 is 0 Å². The molecule has 1 aromatic carbocycles. The summed E-state index contributed by atoms with van der Waals surface area (Å²) in [5, 5.41) is 15.3. The summed E-state index contributed by atoms with van der Waals surface area (Å²) in [5.41, 5.74) is 0.652. The molecule has 23 heavy (non-hydrogen) atoms. The van der Waals surface area contributed by atoms with Gasteiger partial charge in [-0.15, -0.1) is 0 Å². The van der Waals surface area contributed by atoms with E-state index in [2.05, 4.69) is 27.4 Å². The molecule has 1 amide bonds. The van der Waals surface area contributed by atoms with Crippen LogP contribution in [0, 0.1) is 5.92 Å². The van der Waals surface area contributed by atoms with E-state index in [1.165, 1.54) is 18.6 Å². The van der Waals surface area contributed by atoms with Crippen molar-refractivity contribution in [3.8, 4) is 5.75 Å². The van der Waals surface area contributed by atoms with Crippen LogP contribution in [0.5, 0.6) is 5.75 Å². The van der Waals surface area contributed by atoms with E-state index >= 15 is 0 Å².